The number of halogens is 1. The topological polar surface area (TPSA) is 69.9 Å². The van der Waals surface area contributed by atoms with Crippen molar-refractivity contribution in [2.45, 2.75) is 13.8 Å². The van der Waals surface area contributed by atoms with Gasteiger partial charge in [-0.1, -0.05) is 23.7 Å². The number of nitrogens with one attached hydrogen (secondary N) is 1. The number of rotatable bonds is 8. The van der Waals surface area contributed by atoms with Gasteiger partial charge in [-0.3, -0.25) is 4.79 Å². The average Bonchev–Trinajstić information content (AvgIpc) is 3.27. The van der Waals surface area contributed by atoms with Crippen LogP contribution in [0.3, 0.4) is 0 Å². The van der Waals surface area contributed by atoms with Gasteiger partial charge in [-0.15, -0.1) is 0 Å². The smallest absolute Gasteiger partial charge is 0.248 e. The summed E-state index contributed by atoms with van der Waals surface area (Å²) >= 11 is 6.05. The zero-order valence-corrected chi connectivity index (χ0v) is 20.7. The highest BCUT2D eigenvalue weighted by Gasteiger charge is 2.16. The number of ether oxygens (including phenoxy) is 3. The Kier molecular flexibility index (Phi) is 7.32. The molecule has 0 radical (unpaired) electrons. The Hall–Kier alpha value is -3.90. The van der Waals surface area contributed by atoms with Crippen LogP contribution in [0, 0.1) is 0 Å². The predicted octanol–water partition coefficient (Wildman–Crippen LogP) is 7.21. The van der Waals surface area contributed by atoms with E-state index in [1.165, 1.54) is 13.2 Å². The Labute approximate surface area is 209 Å². The zero-order valence-electron chi connectivity index (χ0n) is 20.0. The van der Waals surface area contributed by atoms with Crippen molar-refractivity contribution in [3.05, 3.63) is 77.5 Å². The van der Waals surface area contributed by atoms with E-state index in [2.05, 4.69) is 5.32 Å². The van der Waals surface area contributed by atoms with Crippen LogP contribution in [0.5, 0.6) is 17.2 Å². The predicted molar refractivity (Wildman–Crippen MR) is 140 cm³/mol. The van der Waals surface area contributed by atoms with E-state index >= 15 is 0 Å². The number of benzene rings is 3. The summed E-state index contributed by atoms with van der Waals surface area (Å²) in [7, 11) is 3.11. The summed E-state index contributed by atoms with van der Waals surface area (Å²) in [6.07, 6.45) is 3.25. The van der Waals surface area contributed by atoms with Crippen molar-refractivity contribution in [1.82, 2.24) is 0 Å². The molecule has 3 aromatic carbocycles. The van der Waals surface area contributed by atoms with Gasteiger partial charge in [0.05, 0.1) is 32.8 Å². The lowest BCUT2D eigenvalue weighted by Gasteiger charge is -2.13. The SMILES string of the molecule is CCOc1cc2occ(-c3ccc(Cl)cc3)c2cc1/C(C)=C/C(=O)Nc1ccc(OC)cc1OC. The van der Waals surface area contributed by atoms with E-state index in [-0.39, 0.29) is 5.91 Å². The van der Waals surface area contributed by atoms with E-state index in [1.807, 2.05) is 50.2 Å². The summed E-state index contributed by atoms with van der Waals surface area (Å²) < 4.78 is 22.3. The Morgan fingerprint density at radius 1 is 1.03 bits per heavy atom. The van der Waals surface area contributed by atoms with E-state index in [9.17, 15) is 4.79 Å². The Bertz CT molecular complexity index is 1390. The van der Waals surface area contributed by atoms with E-state index in [0.717, 1.165) is 27.6 Å². The monoisotopic (exact) mass is 491 g/mol. The number of hydrogen-bond acceptors (Lipinski definition) is 5. The van der Waals surface area contributed by atoms with Crippen molar-refractivity contribution >= 4 is 39.7 Å². The van der Waals surface area contributed by atoms with Gasteiger partial charge in [0, 0.05) is 39.7 Å². The highest BCUT2D eigenvalue weighted by molar-refractivity contribution is 6.30. The fourth-order valence-corrected chi connectivity index (χ4v) is 3.96. The summed E-state index contributed by atoms with van der Waals surface area (Å²) in [5.74, 6) is 1.49. The number of amides is 1. The third-order valence-corrected chi connectivity index (χ3v) is 5.82. The van der Waals surface area contributed by atoms with Crippen LogP contribution in [0.1, 0.15) is 19.4 Å². The highest BCUT2D eigenvalue weighted by Crippen LogP contribution is 2.38. The molecule has 180 valence electrons. The van der Waals surface area contributed by atoms with Gasteiger partial charge in [-0.2, -0.15) is 0 Å². The standard InChI is InChI=1S/C28H26ClNO5/c1-5-34-25-15-26-22(23(16-35-26)18-6-8-19(29)9-7-18)14-21(25)17(2)12-28(31)30-24-11-10-20(32-3)13-27(24)33-4/h6-16H,5H2,1-4H3,(H,30,31)/b17-12+. The van der Waals surface area contributed by atoms with Gasteiger partial charge in [-0.25, -0.2) is 0 Å². The fraction of sp³-hybridized carbons (Fsp3) is 0.179. The molecule has 0 fully saturated rings. The normalized spacial score (nSPS) is 11.4. The number of hydrogen-bond donors (Lipinski definition) is 1. The summed E-state index contributed by atoms with van der Waals surface area (Å²) in [5, 5.41) is 4.45. The van der Waals surface area contributed by atoms with Gasteiger partial charge in [0.15, 0.2) is 0 Å². The molecular weight excluding hydrogens is 466 g/mol. The molecule has 0 spiro atoms. The second kappa shape index (κ2) is 10.6. The van der Waals surface area contributed by atoms with Crippen LogP contribution in [-0.4, -0.2) is 26.7 Å². The van der Waals surface area contributed by atoms with Gasteiger partial charge < -0.3 is 23.9 Å². The molecule has 4 rings (SSSR count). The number of fused-ring (bicyclic) bond motifs is 1. The maximum Gasteiger partial charge on any atom is 0.248 e. The lowest BCUT2D eigenvalue weighted by molar-refractivity contribution is -0.111. The molecule has 0 bridgehead atoms. The highest BCUT2D eigenvalue weighted by atomic mass is 35.5. The number of carbonyl (C=O) groups is 1. The maximum atomic E-state index is 12.9. The van der Waals surface area contributed by atoms with Crippen molar-refractivity contribution in [2.75, 3.05) is 26.1 Å². The molecule has 0 saturated heterocycles. The van der Waals surface area contributed by atoms with Gasteiger partial charge in [0.25, 0.3) is 0 Å². The first-order valence-corrected chi connectivity index (χ1v) is 11.5. The summed E-state index contributed by atoms with van der Waals surface area (Å²) in [5.41, 5.74) is 4.69. The van der Waals surface area contributed by atoms with Gasteiger partial charge in [0.2, 0.25) is 5.91 Å². The minimum Gasteiger partial charge on any atom is -0.497 e. The van der Waals surface area contributed by atoms with E-state index in [0.29, 0.717) is 40.1 Å². The van der Waals surface area contributed by atoms with E-state index in [1.54, 1.807) is 31.6 Å². The first-order chi connectivity index (χ1) is 16.9. The summed E-state index contributed by atoms with van der Waals surface area (Å²) in [6.45, 7) is 4.26. The van der Waals surface area contributed by atoms with E-state index in [4.69, 9.17) is 30.2 Å². The fourth-order valence-electron chi connectivity index (χ4n) is 3.84. The number of carbonyl (C=O) groups excluding carboxylic acids is 1. The molecule has 7 heteroatoms. The van der Waals surface area contributed by atoms with Crippen LogP contribution in [0.4, 0.5) is 5.69 Å². The van der Waals surface area contributed by atoms with Crippen molar-refractivity contribution in [3.8, 4) is 28.4 Å². The second-order valence-corrected chi connectivity index (χ2v) is 8.25. The Morgan fingerprint density at radius 3 is 2.49 bits per heavy atom. The average molecular weight is 492 g/mol. The van der Waals surface area contributed by atoms with Crippen molar-refractivity contribution < 1.29 is 23.4 Å². The number of anilines is 1. The molecule has 0 aliphatic rings. The number of furan rings is 1. The molecule has 4 aromatic rings. The van der Waals surface area contributed by atoms with Crippen molar-refractivity contribution in [3.63, 3.8) is 0 Å². The Balaban J connectivity index is 1.70. The van der Waals surface area contributed by atoms with Crippen LogP contribution in [0.2, 0.25) is 5.02 Å². The maximum absolute atomic E-state index is 12.9. The molecule has 0 aliphatic carbocycles. The van der Waals surface area contributed by atoms with Crippen molar-refractivity contribution in [1.29, 1.82) is 0 Å². The summed E-state index contributed by atoms with van der Waals surface area (Å²) in [6, 6.07) is 16.6. The van der Waals surface area contributed by atoms with Gasteiger partial charge >= 0.3 is 0 Å². The van der Waals surface area contributed by atoms with Crippen molar-refractivity contribution in [2.24, 2.45) is 0 Å². The molecule has 1 heterocycles. The number of allylic oxidation sites excluding steroid dienone is 1. The molecule has 35 heavy (non-hydrogen) atoms. The molecule has 0 saturated carbocycles. The first-order valence-electron chi connectivity index (χ1n) is 11.1. The Morgan fingerprint density at radius 2 is 1.80 bits per heavy atom. The largest absolute Gasteiger partial charge is 0.497 e. The minimum atomic E-state index is -0.293. The third-order valence-electron chi connectivity index (χ3n) is 5.57. The van der Waals surface area contributed by atoms with E-state index < -0.39 is 0 Å². The lowest BCUT2D eigenvalue weighted by Crippen LogP contribution is -2.10. The minimum absolute atomic E-state index is 0.293. The van der Waals surface area contributed by atoms with Crippen LogP contribution < -0.4 is 19.5 Å². The molecule has 1 amide bonds. The summed E-state index contributed by atoms with van der Waals surface area (Å²) in [4.78, 5) is 12.9. The molecule has 1 N–H and O–H groups in total. The van der Waals surface area contributed by atoms with Crippen LogP contribution >= 0.6 is 11.6 Å². The zero-order chi connectivity index (χ0) is 24.9. The van der Waals surface area contributed by atoms with Crippen LogP contribution in [-0.2, 0) is 4.79 Å². The molecule has 6 nitrogen and oxygen atoms in total. The molecule has 0 unspecified atom stereocenters. The molecule has 0 aliphatic heterocycles. The quantitative estimate of drug-likeness (QED) is 0.264. The molecular formula is C28H26ClNO5. The van der Waals surface area contributed by atoms with Crippen LogP contribution in [0.15, 0.2) is 71.4 Å². The molecule has 1 aromatic heterocycles. The first kappa shape index (κ1) is 24.2. The van der Waals surface area contributed by atoms with Gasteiger partial charge in [0.1, 0.15) is 22.8 Å². The second-order valence-electron chi connectivity index (χ2n) is 7.82. The van der Waals surface area contributed by atoms with Crippen LogP contribution in [0.25, 0.3) is 27.7 Å². The van der Waals surface area contributed by atoms with Gasteiger partial charge in [-0.05, 0) is 55.3 Å². The third kappa shape index (κ3) is 5.28. The lowest BCUT2D eigenvalue weighted by atomic mass is 9.99. The molecule has 0 atom stereocenters. The number of methoxy groups -OCH3 is 2.